The number of unbranched alkanes of at least 4 members (excludes halogenated alkanes) is 3. The molecular formula is C18H38BF4N2O3Si-. The lowest BCUT2D eigenvalue weighted by Gasteiger charge is -2.29. The first-order valence-corrected chi connectivity index (χ1v) is 12.6. The zero-order valence-electron chi connectivity index (χ0n) is 18.3. The van der Waals surface area contributed by atoms with Crippen molar-refractivity contribution in [2.45, 2.75) is 65.8 Å². The molecule has 0 amide bonds. The standard InChI is InChI=1S/C18H38N2O3Si.BF4/c1-5-9-10-11-13-19-15-16-20(18-19)14-12-17-24(21-6-2,22-7-3)23-8-4;2-1(3,4)5/h15-16H,5-14,17-18H2,1-4H3;/q;-1. The molecule has 11 heteroatoms. The largest absolute Gasteiger partial charge is 0.673 e. The van der Waals surface area contributed by atoms with Crippen molar-refractivity contribution in [3.63, 3.8) is 0 Å². The van der Waals surface area contributed by atoms with Crippen LogP contribution in [0.15, 0.2) is 12.4 Å². The van der Waals surface area contributed by atoms with Gasteiger partial charge >= 0.3 is 16.1 Å². The summed E-state index contributed by atoms with van der Waals surface area (Å²) in [6, 6.07) is 0.892. The molecule has 1 heterocycles. The molecule has 0 aliphatic carbocycles. The van der Waals surface area contributed by atoms with Crippen LogP contribution >= 0.6 is 0 Å². The number of halogens is 4. The van der Waals surface area contributed by atoms with Crippen molar-refractivity contribution in [1.29, 1.82) is 0 Å². The van der Waals surface area contributed by atoms with Gasteiger partial charge in [-0.25, -0.2) is 0 Å². The Morgan fingerprint density at radius 1 is 0.759 bits per heavy atom. The van der Waals surface area contributed by atoms with Gasteiger partial charge in [-0.2, -0.15) is 0 Å². The van der Waals surface area contributed by atoms with Crippen LogP contribution in [0.5, 0.6) is 0 Å². The maximum Gasteiger partial charge on any atom is 0.673 e. The molecule has 29 heavy (non-hydrogen) atoms. The molecule has 5 nitrogen and oxygen atoms in total. The third-order valence-electron chi connectivity index (χ3n) is 4.17. The minimum absolute atomic E-state index is 0.654. The third-order valence-corrected chi connectivity index (χ3v) is 7.32. The van der Waals surface area contributed by atoms with Crippen LogP contribution < -0.4 is 0 Å². The van der Waals surface area contributed by atoms with E-state index in [9.17, 15) is 17.3 Å². The Morgan fingerprint density at radius 3 is 1.62 bits per heavy atom. The highest BCUT2D eigenvalue weighted by molar-refractivity contribution is 6.60. The Morgan fingerprint density at radius 2 is 1.21 bits per heavy atom. The van der Waals surface area contributed by atoms with Gasteiger partial charge in [-0.1, -0.05) is 26.2 Å². The van der Waals surface area contributed by atoms with Crippen molar-refractivity contribution in [3.8, 4) is 0 Å². The zero-order valence-corrected chi connectivity index (χ0v) is 19.3. The van der Waals surface area contributed by atoms with Crippen molar-refractivity contribution in [3.05, 3.63) is 12.4 Å². The lowest BCUT2D eigenvalue weighted by Crippen LogP contribution is -2.46. The van der Waals surface area contributed by atoms with E-state index in [1.54, 1.807) is 0 Å². The topological polar surface area (TPSA) is 34.2 Å². The molecular weight excluding hydrogens is 407 g/mol. The van der Waals surface area contributed by atoms with Crippen LogP contribution in [0.1, 0.15) is 59.8 Å². The van der Waals surface area contributed by atoms with Gasteiger partial charge < -0.3 is 40.3 Å². The van der Waals surface area contributed by atoms with Gasteiger partial charge in [-0.05, 0) is 33.6 Å². The summed E-state index contributed by atoms with van der Waals surface area (Å²) in [5.74, 6) is 0. The Hall–Kier alpha value is -0.778. The quantitative estimate of drug-likeness (QED) is 0.193. The smallest absolute Gasteiger partial charge is 0.418 e. The van der Waals surface area contributed by atoms with Gasteiger partial charge in [0.05, 0.1) is 6.67 Å². The van der Waals surface area contributed by atoms with Crippen LogP contribution in [-0.4, -0.2) is 65.4 Å². The van der Waals surface area contributed by atoms with E-state index in [2.05, 4.69) is 29.1 Å². The Balaban J connectivity index is 0.00000139. The van der Waals surface area contributed by atoms with E-state index >= 15 is 0 Å². The first-order valence-electron chi connectivity index (χ1n) is 10.6. The molecule has 1 aliphatic heterocycles. The van der Waals surface area contributed by atoms with Crippen molar-refractivity contribution in [2.24, 2.45) is 0 Å². The molecule has 0 saturated carbocycles. The Labute approximate surface area is 174 Å². The van der Waals surface area contributed by atoms with Gasteiger partial charge in [-0.3, -0.25) is 0 Å². The molecule has 0 aromatic rings. The van der Waals surface area contributed by atoms with Gasteiger partial charge in [-0.15, -0.1) is 0 Å². The van der Waals surface area contributed by atoms with Gasteiger partial charge in [0, 0.05) is 51.4 Å². The van der Waals surface area contributed by atoms with Crippen molar-refractivity contribution >= 4 is 16.1 Å². The van der Waals surface area contributed by atoms with Gasteiger partial charge in [0.2, 0.25) is 0 Å². The second-order valence-electron chi connectivity index (χ2n) is 6.71. The fraction of sp³-hybridized carbons (Fsp3) is 0.889. The predicted octanol–water partition coefficient (Wildman–Crippen LogP) is 5.35. The summed E-state index contributed by atoms with van der Waals surface area (Å²) < 4.78 is 56.8. The average Bonchev–Trinajstić information content (AvgIpc) is 3.06. The molecule has 0 N–H and O–H groups in total. The second kappa shape index (κ2) is 16.0. The number of rotatable bonds is 15. The Bertz CT molecular complexity index is 411. The summed E-state index contributed by atoms with van der Waals surface area (Å²) in [6.45, 7) is 13.5. The number of nitrogens with zero attached hydrogens (tertiary/aromatic N) is 2. The fourth-order valence-corrected chi connectivity index (χ4v) is 5.64. The summed E-state index contributed by atoms with van der Waals surface area (Å²) in [5, 5.41) is 0. The summed E-state index contributed by atoms with van der Waals surface area (Å²) in [6.07, 6.45) is 10.8. The van der Waals surface area contributed by atoms with Crippen LogP contribution in [0, 0.1) is 0 Å². The first-order chi connectivity index (χ1) is 13.7. The summed E-state index contributed by atoms with van der Waals surface area (Å²) >= 11 is 0. The molecule has 174 valence electrons. The summed E-state index contributed by atoms with van der Waals surface area (Å²) in [4.78, 5) is 4.79. The molecule has 0 atom stereocenters. The van der Waals surface area contributed by atoms with Crippen LogP contribution in [0.4, 0.5) is 17.3 Å². The molecule has 0 saturated heterocycles. The first kappa shape index (κ1) is 28.2. The second-order valence-corrected chi connectivity index (χ2v) is 9.44. The molecule has 0 aromatic carbocycles. The summed E-state index contributed by atoms with van der Waals surface area (Å²) in [5.41, 5.74) is 0. The average molecular weight is 445 g/mol. The highest BCUT2D eigenvalue weighted by atomic mass is 28.4. The normalized spacial score (nSPS) is 14.3. The van der Waals surface area contributed by atoms with E-state index in [1.165, 1.54) is 32.2 Å². The van der Waals surface area contributed by atoms with E-state index < -0.39 is 16.1 Å². The SMILES string of the molecule is CCCCCCN1C=CN(CCC[Si](OCC)(OCC)OCC)C1.F[B-](F)(F)F. The number of hydrogen-bond donors (Lipinski definition) is 0. The highest BCUT2D eigenvalue weighted by Crippen LogP contribution is 2.19. The van der Waals surface area contributed by atoms with E-state index in [-0.39, 0.29) is 0 Å². The van der Waals surface area contributed by atoms with Gasteiger partial charge in [0.15, 0.2) is 0 Å². The van der Waals surface area contributed by atoms with Crippen molar-refractivity contribution in [2.75, 3.05) is 39.6 Å². The molecule has 1 aliphatic rings. The highest BCUT2D eigenvalue weighted by Gasteiger charge is 2.39. The minimum Gasteiger partial charge on any atom is -0.418 e. The maximum absolute atomic E-state index is 9.75. The molecule has 0 fully saturated rings. The monoisotopic (exact) mass is 445 g/mol. The van der Waals surface area contributed by atoms with E-state index in [0.717, 1.165) is 25.7 Å². The van der Waals surface area contributed by atoms with Crippen LogP contribution in [0.2, 0.25) is 6.04 Å². The fourth-order valence-electron chi connectivity index (χ4n) is 3.05. The predicted molar refractivity (Wildman–Crippen MR) is 112 cm³/mol. The molecule has 0 aromatic heterocycles. The molecule has 1 rings (SSSR count). The van der Waals surface area contributed by atoms with Crippen LogP contribution in [0.25, 0.3) is 0 Å². The van der Waals surface area contributed by atoms with Crippen LogP contribution in [0.3, 0.4) is 0 Å². The zero-order chi connectivity index (χ0) is 22.2. The Kier molecular flexibility index (Phi) is 15.6. The third kappa shape index (κ3) is 15.7. The van der Waals surface area contributed by atoms with E-state index in [1.807, 2.05) is 20.8 Å². The van der Waals surface area contributed by atoms with E-state index in [0.29, 0.717) is 19.8 Å². The van der Waals surface area contributed by atoms with Gasteiger partial charge in [0.25, 0.3) is 0 Å². The maximum atomic E-state index is 9.75. The molecule has 0 unspecified atom stereocenters. The van der Waals surface area contributed by atoms with E-state index in [4.69, 9.17) is 13.3 Å². The van der Waals surface area contributed by atoms with Crippen LogP contribution in [-0.2, 0) is 13.3 Å². The lowest BCUT2D eigenvalue weighted by atomic mass is 10.2. The van der Waals surface area contributed by atoms with Crippen molar-refractivity contribution in [1.82, 2.24) is 9.80 Å². The molecule has 0 spiro atoms. The molecule has 0 bridgehead atoms. The van der Waals surface area contributed by atoms with Crippen molar-refractivity contribution < 1.29 is 30.5 Å². The summed E-state index contributed by atoms with van der Waals surface area (Å²) in [7, 11) is -8.48. The lowest BCUT2D eigenvalue weighted by molar-refractivity contribution is 0.0701. The minimum atomic E-state index is -6.00. The number of hydrogen-bond acceptors (Lipinski definition) is 5. The molecule has 0 radical (unpaired) electrons. The van der Waals surface area contributed by atoms with Gasteiger partial charge in [0.1, 0.15) is 0 Å².